The van der Waals surface area contributed by atoms with Gasteiger partial charge in [-0.2, -0.15) is 0 Å². The molecule has 16 heavy (non-hydrogen) atoms. The fourth-order valence-electron chi connectivity index (χ4n) is 2.15. The lowest BCUT2D eigenvalue weighted by molar-refractivity contribution is 0.0859. The Hall–Kier alpha value is -1.02. The van der Waals surface area contributed by atoms with E-state index < -0.39 is 0 Å². The zero-order valence-corrected chi connectivity index (χ0v) is 10.2. The molecular formula is C14H21NO. The van der Waals surface area contributed by atoms with Gasteiger partial charge in [-0.05, 0) is 43.5 Å². The van der Waals surface area contributed by atoms with Crippen molar-refractivity contribution in [1.82, 2.24) is 5.32 Å². The van der Waals surface area contributed by atoms with Crippen molar-refractivity contribution in [3.8, 4) is 5.75 Å². The molecule has 0 saturated heterocycles. The van der Waals surface area contributed by atoms with Gasteiger partial charge >= 0.3 is 0 Å². The monoisotopic (exact) mass is 219 g/mol. The van der Waals surface area contributed by atoms with Crippen LogP contribution in [0.25, 0.3) is 0 Å². The zero-order valence-electron chi connectivity index (χ0n) is 10.2. The summed E-state index contributed by atoms with van der Waals surface area (Å²) in [7, 11) is 0. The van der Waals surface area contributed by atoms with Crippen LogP contribution < -0.4 is 10.1 Å². The van der Waals surface area contributed by atoms with Crippen molar-refractivity contribution in [2.75, 3.05) is 6.54 Å². The predicted octanol–water partition coefficient (Wildman–Crippen LogP) is 2.77. The van der Waals surface area contributed by atoms with E-state index in [-0.39, 0.29) is 0 Å². The van der Waals surface area contributed by atoms with E-state index in [1.54, 1.807) is 0 Å². The Morgan fingerprint density at radius 3 is 2.81 bits per heavy atom. The highest BCUT2D eigenvalue weighted by molar-refractivity contribution is 5.28. The second-order valence-electron chi connectivity index (χ2n) is 4.47. The van der Waals surface area contributed by atoms with E-state index in [1.807, 2.05) is 0 Å². The van der Waals surface area contributed by atoms with Gasteiger partial charge < -0.3 is 10.1 Å². The van der Waals surface area contributed by atoms with E-state index in [0.29, 0.717) is 12.1 Å². The molecule has 1 aliphatic carbocycles. The summed E-state index contributed by atoms with van der Waals surface area (Å²) in [5, 5.41) is 3.44. The minimum absolute atomic E-state index is 0.413. The second-order valence-corrected chi connectivity index (χ2v) is 4.47. The summed E-state index contributed by atoms with van der Waals surface area (Å²) in [6.07, 6.45) is 3.77. The SMILES string of the molecule is CCN[C@H]1C[C@H](Oc2cccc(CC)c2)C1. The van der Waals surface area contributed by atoms with Gasteiger partial charge in [0.05, 0.1) is 0 Å². The van der Waals surface area contributed by atoms with Gasteiger partial charge in [0.15, 0.2) is 0 Å². The Labute approximate surface area is 98.0 Å². The number of benzene rings is 1. The lowest BCUT2D eigenvalue weighted by Crippen LogP contribution is -2.46. The Morgan fingerprint density at radius 1 is 1.31 bits per heavy atom. The maximum Gasteiger partial charge on any atom is 0.119 e. The van der Waals surface area contributed by atoms with E-state index >= 15 is 0 Å². The summed E-state index contributed by atoms with van der Waals surface area (Å²) >= 11 is 0. The smallest absolute Gasteiger partial charge is 0.119 e. The largest absolute Gasteiger partial charge is 0.490 e. The molecule has 0 atom stereocenters. The number of ether oxygens (including phenoxy) is 1. The minimum atomic E-state index is 0.413. The van der Waals surface area contributed by atoms with Crippen LogP contribution in [0.2, 0.25) is 0 Å². The molecule has 2 nitrogen and oxygen atoms in total. The third kappa shape index (κ3) is 2.76. The van der Waals surface area contributed by atoms with Crippen molar-refractivity contribution in [3.05, 3.63) is 29.8 Å². The molecule has 1 aromatic rings. The van der Waals surface area contributed by atoms with E-state index in [2.05, 4.69) is 43.4 Å². The van der Waals surface area contributed by atoms with Crippen LogP contribution in [-0.2, 0) is 6.42 Å². The molecule has 0 heterocycles. The molecule has 0 spiro atoms. The van der Waals surface area contributed by atoms with Crippen molar-refractivity contribution in [2.24, 2.45) is 0 Å². The summed E-state index contributed by atoms with van der Waals surface area (Å²) in [5.41, 5.74) is 1.35. The van der Waals surface area contributed by atoms with E-state index in [1.165, 1.54) is 5.56 Å². The fraction of sp³-hybridized carbons (Fsp3) is 0.571. The number of hydrogen-bond acceptors (Lipinski definition) is 2. The second kappa shape index (κ2) is 5.35. The molecule has 0 radical (unpaired) electrons. The first kappa shape index (κ1) is 11.5. The standard InChI is InChI=1S/C14H21NO/c1-3-11-6-5-7-13(8-11)16-14-9-12(10-14)15-4-2/h5-8,12,14-15H,3-4,9-10H2,1-2H3/t12-,14-. The summed E-state index contributed by atoms with van der Waals surface area (Å²) in [6, 6.07) is 9.11. The van der Waals surface area contributed by atoms with Crippen molar-refractivity contribution in [1.29, 1.82) is 0 Å². The highest BCUT2D eigenvalue weighted by atomic mass is 16.5. The molecule has 2 heteroatoms. The average Bonchev–Trinajstić information content (AvgIpc) is 2.27. The van der Waals surface area contributed by atoms with Gasteiger partial charge in [0.2, 0.25) is 0 Å². The summed E-state index contributed by atoms with van der Waals surface area (Å²) in [5.74, 6) is 1.03. The number of rotatable bonds is 5. The first-order chi connectivity index (χ1) is 7.81. The van der Waals surface area contributed by atoms with Crippen LogP contribution in [0.4, 0.5) is 0 Å². The molecule has 0 aromatic heterocycles. The molecule has 88 valence electrons. The quantitative estimate of drug-likeness (QED) is 0.822. The summed E-state index contributed by atoms with van der Waals surface area (Å²) in [4.78, 5) is 0. The molecule has 0 amide bonds. The van der Waals surface area contributed by atoms with Crippen LogP contribution in [0.1, 0.15) is 32.3 Å². The minimum Gasteiger partial charge on any atom is -0.490 e. The lowest BCUT2D eigenvalue weighted by atomic mass is 9.89. The van der Waals surface area contributed by atoms with Crippen LogP contribution in [0.15, 0.2) is 24.3 Å². The van der Waals surface area contributed by atoms with Crippen LogP contribution in [-0.4, -0.2) is 18.7 Å². The van der Waals surface area contributed by atoms with Crippen molar-refractivity contribution < 1.29 is 4.74 Å². The first-order valence-corrected chi connectivity index (χ1v) is 6.30. The van der Waals surface area contributed by atoms with Crippen molar-refractivity contribution in [3.63, 3.8) is 0 Å². The predicted molar refractivity (Wildman–Crippen MR) is 66.9 cm³/mol. The highest BCUT2D eigenvalue weighted by Crippen LogP contribution is 2.26. The van der Waals surface area contributed by atoms with Crippen LogP contribution >= 0.6 is 0 Å². The molecule has 0 bridgehead atoms. The lowest BCUT2D eigenvalue weighted by Gasteiger charge is -2.35. The van der Waals surface area contributed by atoms with Gasteiger partial charge in [-0.3, -0.25) is 0 Å². The highest BCUT2D eigenvalue weighted by Gasteiger charge is 2.29. The van der Waals surface area contributed by atoms with Gasteiger partial charge in [0, 0.05) is 6.04 Å². The average molecular weight is 219 g/mol. The third-order valence-corrected chi connectivity index (χ3v) is 3.20. The van der Waals surface area contributed by atoms with E-state index in [4.69, 9.17) is 4.74 Å². The van der Waals surface area contributed by atoms with E-state index in [9.17, 15) is 0 Å². The topological polar surface area (TPSA) is 21.3 Å². The maximum atomic E-state index is 5.93. The fourth-order valence-corrected chi connectivity index (χ4v) is 2.15. The van der Waals surface area contributed by atoms with Crippen molar-refractivity contribution in [2.45, 2.75) is 45.3 Å². The summed E-state index contributed by atoms with van der Waals surface area (Å²) < 4.78 is 5.93. The van der Waals surface area contributed by atoms with Crippen LogP contribution in [0.5, 0.6) is 5.75 Å². The first-order valence-electron chi connectivity index (χ1n) is 6.30. The number of hydrogen-bond donors (Lipinski definition) is 1. The third-order valence-electron chi connectivity index (χ3n) is 3.20. The molecule has 2 rings (SSSR count). The molecule has 1 saturated carbocycles. The Bertz CT molecular complexity index is 331. The Balaban J connectivity index is 1.82. The van der Waals surface area contributed by atoms with Gasteiger partial charge in [0.1, 0.15) is 11.9 Å². The maximum absolute atomic E-state index is 5.93. The Kier molecular flexibility index (Phi) is 3.83. The van der Waals surface area contributed by atoms with Gasteiger partial charge in [-0.25, -0.2) is 0 Å². The van der Waals surface area contributed by atoms with E-state index in [0.717, 1.165) is 31.6 Å². The van der Waals surface area contributed by atoms with Crippen LogP contribution in [0, 0.1) is 0 Å². The van der Waals surface area contributed by atoms with Crippen molar-refractivity contribution >= 4 is 0 Å². The van der Waals surface area contributed by atoms with Gasteiger partial charge in [-0.1, -0.05) is 26.0 Å². The molecule has 0 aliphatic heterocycles. The molecule has 1 aliphatic rings. The number of aryl methyl sites for hydroxylation is 1. The molecule has 1 fully saturated rings. The normalized spacial score (nSPS) is 23.9. The van der Waals surface area contributed by atoms with Gasteiger partial charge in [-0.15, -0.1) is 0 Å². The molecule has 1 N–H and O–H groups in total. The molecular weight excluding hydrogens is 198 g/mol. The Morgan fingerprint density at radius 2 is 2.12 bits per heavy atom. The zero-order chi connectivity index (χ0) is 11.4. The summed E-state index contributed by atoms with van der Waals surface area (Å²) in [6.45, 7) is 5.38. The van der Waals surface area contributed by atoms with Crippen LogP contribution in [0.3, 0.4) is 0 Å². The molecule has 1 aromatic carbocycles. The number of nitrogens with one attached hydrogen (secondary N) is 1. The molecule has 0 unspecified atom stereocenters. The van der Waals surface area contributed by atoms with Gasteiger partial charge in [0.25, 0.3) is 0 Å².